The summed E-state index contributed by atoms with van der Waals surface area (Å²) in [6.45, 7) is 0. The van der Waals surface area contributed by atoms with E-state index in [1.165, 1.54) is 0 Å². The normalized spacial score (nSPS) is 10.5. The van der Waals surface area contributed by atoms with Crippen LogP contribution in [-0.4, -0.2) is 15.7 Å². The molecule has 1 N–H and O–H groups in total. The molecular weight excluding hydrogens is 354 g/mol. The Hall–Kier alpha value is -2.40. The minimum atomic E-state index is -0.00411. The number of carbonyl (C=O) groups excluding carboxylic acids is 1. The number of hydrogen-bond acceptors (Lipinski definition) is 2. The third-order valence-corrected chi connectivity index (χ3v) is 3.90. The van der Waals surface area contributed by atoms with E-state index < -0.39 is 0 Å². The Labute approximate surface area is 143 Å². The second-order valence-electron chi connectivity index (χ2n) is 5.19. The summed E-state index contributed by atoms with van der Waals surface area (Å²) in [4.78, 5) is 12.0. The maximum absolute atomic E-state index is 12.0. The number of carbonyl (C=O) groups is 1. The summed E-state index contributed by atoms with van der Waals surface area (Å²) in [7, 11) is 0. The first kappa shape index (κ1) is 15.5. The number of nitrogens with zero attached hydrogens (tertiary/aromatic N) is 2. The first-order valence-electron chi connectivity index (χ1n) is 7.35. The molecule has 0 aliphatic rings. The van der Waals surface area contributed by atoms with Crippen molar-refractivity contribution >= 4 is 27.5 Å². The van der Waals surface area contributed by atoms with Crippen LogP contribution in [0, 0.1) is 0 Å². The molecule has 0 atom stereocenters. The zero-order valence-electron chi connectivity index (χ0n) is 12.4. The third kappa shape index (κ3) is 4.29. The summed E-state index contributed by atoms with van der Waals surface area (Å²) in [5.41, 5.74) is 2.85. The van der Waals surface area contributed by atoms with Gasteiger partial charge in [-0.1, -0.05) is 40.2 Å². The monoisotopic (exact) mass is 369 g/mol. The molecule has 0 unspecified atom stereocenters. The third-order valence-electron chi connectivity index (χ3n) is 3.41. The molecule has 1 amide bonds. The molecule has 23 heavy (non-hydrogen) atoms. The highest BCUT2D eigenvalue weighted by atomic mass is 79.9. The van der Waals surface area contributed by atoms with Crippen LogP contribution in [0.2, 0.25) is 0 Å². The number of halogens is 1. The van der Waals surface area contributed by atoms with Crippen molar-refractivity contribution < 1.29 is 4.79 Å². The van der Waals surface area contributed by atoms with Crippen LogP contribution in [0.1, 0.15) is 12.0 Å². The fourth-order valence-electron chi connectivity index (χ4n) is 2.26. The van der Waals surface area contributed by atoms with Gasteiger partial charge >= 0.3 is 0 Å². The lowest BCUT2D eigenvalue weighted by molar-refractivity contribution is -0.116. The maximum atomic E-state index is 12.0. The highest BCUT2D eigenvalue weighted by molar-refractivity contribution is 9.10. The Morgan fingerprint density at radius 3 is 2.74 bits per heavy atom. The van der Waals surface area contributed by atoms with Crippen LogP contribution in [0.5, 0.6) is 0 Å². The van der Waals surface area contributed by atoms with E-state index in [9.17, 15) is 4.79 Å². The molecule has 0 aliphatic heterocycles. The Bertz CT molecular complexity index is 799. The lowest BCUT2D eigenvalue weighted by atomic mass is 10.2. The second-order valence-corrected chi connectivity index (χ2v) is 6.10. The van der Waals surface area contributed by atoms with E-state index in [0.717, 1.165) is 21.4 Å². The minimum Gasteiger partial charge on any atom is -0.326 e. The smallest absolute Gasteiger partial charge is 0.224 e. The molecule has 1 aromatic heterocycles. The number of benzene rings is 2. The second kappa shape index (κ2) is 7.24. The van der Waals surface area contributed by atoms with Gasteiger partial charge in [0.2, 0.25) is 5.91 Å². The zero-order valence-corrected chi connectivity index (χ0v) is 14.0. The molecule has 116 valence electrons. The number of amides is 1. The molecule has 5 heteroatoms. The summed E-state index contributed by atoms with van der Waals surface area (Å²) in [5.74, 6) is -0.00411. The van der Waals surface area contributed by atoms with Gasteiger partial charge < -0.3 is 5.32 Å². The summed E-state index contributed by atoms with van der Waals surface area (Å²) >= 11 is 3.39. The number of para-hydroxylation sites is 1. The van der Waals surface area contributed by atoms with E-state index in [4.69, 9.17) is 0 Å². The molecule has 0 saturated heterocycles. The van der Waals surface area contributed by atoms with Gasteiger partial charge in [0.15, 0.2) is 0 Å². The molecule has 0 radical (unpaired) electrons. The highest BCUT2D eigenvalue weighted by Gasteiger charge is 2.06. The number of nitrogens with one attached hydrogen (secondary N) is 1. The molecule has 0 spiro atoms. The predicted octanol–water partition coefficient (Wildman–Crippen LogP) is 4.21. The maximum Gasteiger partial charge on any atom is 0.224 e. The molecular formula is C18H16BrN3O. The standard InChI is InChI=1S/C18H16BrN3O/c19-15-5-4-6-16(11-15)21-18(23)10-9-14-12-20-22(13-14)17-7-2-1-3-8-17/h1-8,11-13H,9-10H2,(H,21,23). The average Bonchev–Trinajstić information content (AvgIpc) is 3.03. The van der Waals surface area contributed by atoms with Gasteiger partial charge in [-0.3, -0.25) is 4.79 Å². The highest BCUT2D eigenvalue weighted by Crippen LogP contribution is 2.16. The Balaban J connectivity index is 1.56. The molecule has 0 bridgehead atoms. The van der Waals surface area contributed by atoms with Crippen LogP contribution in [0.15, 0.2) is 71.5 Å². The van der Waals surface area contributed by atoms with Crippen LogP contribution < -0.4 is 5.32 Å². The van der Waals surface area contributed by atoms with Gasteiger partial charge in [-0.25, -0.2) is 4.68 Å². The summed E-state index contributed by atoms with van der Waals surface area (Å²) in [5, 5.41) is 7.23. The molecule has 1 heterocycles. The van der Waals surface area contributed by atoms with Crippen molar-refractivity contribution in [2.45, 2.75) is 12.8 Å². The average molecular weight is 370 g/mol. The van der Waals surface area contributed by atoms with Gasteiger partial charge in [0, 0.05) is 22.8 Å². The van der Waals surface area contributed by atoms with Gasteiger partial charge in [-0.05, 0) is 42.3 Å². The first-order valence-corrected chi connectivity index (χ1v) is 8.14. The van der Waals surface area contributed by atoms with Crippen LogP contribution in [0.3, 0.4) is 0 Å². The van der Waals surface area contributed by atoms with E-state index in [2.05, 4.69) is 26.3 Å². The Morgan fingerprint density at radius 2 is 1.96 bits per heavy atom. The van der Waals surface area contributed by atoms with Gasteiger partial charge in [0.25, 0.3) is 0 Å². The van der Waals surface area contributed by atoms with Gasteiger partial charge in [0.1, 0.15) is 0 Å². The minimum absolute atomic E-state index is 0.00411. The van der Waals surface area contributed by atoms with Gasteiger partial charge in [-0.2, -0.15) is 5.10 Å². The van der Waals surface area contributed by atoms with Crippen molar-refractivity contribution in [2.75, 3.05) is 5.32 Å². The van der Waals surface area contributed by atoms with E-state index >= 15 is 0 Å². The molecule has 0 saturated carbocycles. The Morgan fingerprint density at radius 1 is 1.13 bits per heavy atom. The van der Waals surface area contributed by atoms with Crippen molar-refractivity contribution in [3.63, 3.8) is 0 Å². The van der Waals surface area contributed by atoms with Gasteiger partial charge in [0.05, 0.1) is 11.9 Å². The van der Waals surface area contributed by atoms with Crippen molar-refractivity contribution in [2.24, 2.45) is 0 Å². The van der Waals surface area contributed by atoms with E-state index in [0.29, 0.717) is 12.8 Å². The summed E-state index contributed by atoms with van der Waals surface area (Å²) < 4.78 is 2.76. The SMILES string of the molecule is O=C(CCc1cnn(-c2ccccc2)c1)Nc1cccc(Br)c1. The molecule has 3 rings (SSSR count). The van der Waals surface area contributed by atoms with Crippen molar-refractivity contribution in [3.8, 4) is 5.69 Å². The van der Waals surface area contributed by atoms with Crippen molar-refractivity contribution in [1.29, 1.82) is 0 Å². The van der Waals surface area contributed by atoms with Gasteiger partial charge in [-0.15, -0.1) is 0 Å². The fraction of sp³-hybridized carbons (Fsp3) is 0.111. The van der Waals surface area contributed by atoms with Crippen molar-refractivity contribution in [3.05, 3.63) is 77.0 Å². The number of rotatable bonds is 5. The van der Waals surface area contributed by atoms with E-state index in [1.807, 2.05) is 65.5 Å². The van der Waals surface area contributed by atoms with Crippen LogP contribution in [-0.2, 0) is 11.2 Å². The first-order chi connectivity index (χ1) is 11.2. The topological polar surface area (TPSA) is 46.9 Å². The fourth-order valence-corrected chi connectivity index (χ4v) is 2.66. The van der Waals surface area contributed by atoms with Crippen molar-refractivity contribution in [1.82, 2.24) is 9.78 Å². The number of aromatic nitrogens is 2. The predicted molar refractivity (Wildman–Crippen MR) is 94.7 cm³/mol. The van der Waals surface area contributed by atoms with Crippen LogP contribution in [0.4, 0.5) is 5.69 Å². The molecule has 0 aliphatic carbocycles. The largest absolute Gasteiger partial charge is 0.326 e. The molecule has 0 fully saturated rings. The molecule has 3 aromatic rings. The summed E-state index contributed by atoms with van der Waals surface area (Å²) in [6.07, 6.45) is 4.85. The lowest BCUT2D eigenvalue weighted by Gasteiger charge is -2.04. The zero-order chi connectivity index (χ0) is 16.1. The quantitative estimate of drug-likeness (QED) is 0.732. The van der Waals surface area contributed by atoms with Crippen LogP contribution in [0.25, 0.3) is 5.69 Å². The number of anilines is 1. The van der Waals surface area contributed by atoms with E-state index in [-0.39, 0.29) is 5.91 Å². The molecule has 2 aromatic carbocycles. The van der Waals surface area contributed by atoms with Crippen LogP contribution >= 0.6 is 15.9 Å². The summed E-state index contributed by atoms with van der Waals surface area (Å²) in [6, 6.07) is 17.5. The van der Waals surface area contributed by atoms with E-state index in [1.54, 1.807) is 6.20 Å². The lowest BCUT2D eigenvalue weighted by Crippen LogP contribution is -2.12. The number of hydrogen-bond donors (Lipinski definition) is 1. The Kier molecular flexibility index (Phi) is 4.88. The molecule has 4 nitrogen and oxygen atoms in total. The number of aryl methyl sites for hydroxylation is 1.